The van der Waals surface area contributed by atoms with Crippen LogP contribution in [0.25, 0.3) is 0 Å². The maximum absolute atomic E-state index is 12.3. The molecule has 1 aliphatic heterocycles. The van der Waals surface area contributed by atoms with E-state index in [9.17, 15) is 4.79 Å². The Hall–Kier alpha value is -0.910. The number of morpholine rings is 1. The van der Waals surface area contributed by atoms with E-state index < -0.39 is 6.10 Å². The van der Waals surface area contributed by atoms with E-state index in [1.165, 1.54) is 0 Å². The predicted octanol–water partition coefficient (Wildman–Crippen LogP) is 1.95. The highest BCUT2D eigenvalue weighted by Crippen LogP contribution is 2.28. The second-order valence-corrected chi connectivity index (χ2v) is 5.02. The van der Waals surface area contributed by atoms with Crippen molar-refractivity contribution in [3.8, 4) is 0 Å². The molecular formula is C13H16BrNO3. The minimum Gasteiger partial charge on any atom is -0.396 e. The average molecular weight is 314 g/mol. The summed E-state index contributed by atoms with van der Waals surface area (Å²) in [5.74, 6) is -0.0263. The van der Waals surface area contributed by atoms with Crippen LogP contribution in [0.5, 0.6) is 0 Å². The molecule has 1 heterocycles. The van der Waals surface area contributed by atoms with E-state index in [4.69, 9.17) is 9.84 Å². The van der Waals surface area contributed by atoms with Crippen molar-refractivity contribution >= 4 is 27.5 Å². The van der Waals surface area contributed by atoms with E-state index in [1.54, 1.807) is 4.90 Å². The van der Waals surface area contributed by atoms with Gasteiger partial charge in [0.05, 0.1) is 12.3 Å². The Morgan fingerprint density at radius 1 is 1.44 bits per heavy atom. The van der Waals surface area contributed by atoms with Gasteiger partial charge in [-0.25, -0.2) is 0 Å². The molecule has 1 atom stereocenters. The molecule has 0 saturated carbocycles. The van der Waals surface area contributed by atoms with Crippen molar-refractivity contribution in [2.24, 2.45) is 0 Å². The lowest BCUT2D eigenvalue weighted by atomic mass is 10.1. The maximum Gasteiger partial charge on any atom is 0.256 e. The molecule has 5 heteroatoms. The van der Waals surface area contributed by atoms with Crippen molar-refractivity contribution in [1.29, 1.82) is 0 Å². The molecule has 0 radical (unpaired) electrons. The lowest BCUT2D eigenvalue weighted by Gasteiger charge is -2.33. The highest BCUT2D eigenvalue weighted by molar-refractivity contribution is 9.10. The summed E-state index contributed by atoms with van der Waals surface area (Å²) in [4.78, 5) is 14.0. The largest absolute Gasteiger partial charge is 0.396 e. The Morgan fingerprint density at radius 3 is 2.94 bits per heavy atom. The summed E-state index contributed by atoms with van der Waals surface area (Å²) in [6, 6.07) is 7.66. The fraction of sp³-hybridized carbons (Fsp3) is 0.462. The van der Waals surface area contributed by atoms with Gasteiger partial charge in [0.1, 0.15) is 6.10 Å². The van der Waals surface area contributed by atoms with Gasteiger partial charge in [0.25, 0.3) is 5.91 Å². The first-order valence-electron chi connectivity index (χ1n) is 6.02. The quantitative estimate of drug-likeness (QED) is 0.924. The molecule has 1 aromatic rings. The predicted molar refractivity (Wildman–Crippen MR) is 72.6 cm³/mol. The number of aliphatic hydroxyl groups is 1. The number of rotatable bonds is 4. The van der Waals surface area contributed by atoms with Crippen LogP contribution in [0.15, 0.2) is 28.7 Å². The zero-order valence-electron chi connectivity index (χ0n) is 10.0. The van der Waals surface area contributed by atoms with Crippen LogP contribution in [0.3, 0.4) is 0 Å². The Labute approximate surface area is 115 Å². The lowest BCUT2D eigenvalue weighted by Crippen LogP contribution is -2.48. The van der Waals surface area contributed by atoms with Crippen molar-refractivity contribution in [2.45, 2.75) is 18.9 Å². The summed E-state index contributed by atoms with van der Waals surface area (Å²) in [5, 5.41) is 8.82. The van der Waals surface area contributed by atoms with E-state index in [1.807, 2.05) is 24.3 Å². The highest BCUT2D eigenvalue weighted by Gasteiger charge is 2.30. The smallest absolute Gasteiger partial charge is 0.256 e. The number of nitrogens with zero attached hydrogens (tertiary/aromatic N) is 1. The van der Waals surface area contributed by atoms with Gasteiger partial charge in [-0.1, -0.05) is 12.1 Å². The molecule has 4 nitrogen and oxygen atoms in total. The van der Waals surface area contributed by atoms with Crippen molar-refractivity contribution in [3.63, 3.8) is 0 Å². The van der Waals surface area contributed by atoms with E-state index >= 15 is 0 Å². The van der Waals surface area contributed by atoms with Crippen LogP contribution in [-0.4, -0.2) is 36.9 Å². The van der Waals surface area contributed by atoms with E-state index in [-0.39, 0.29) is 12.5 Å². The fourth-order valence-electron chi connectivity index (χ4n) is 2.03. The van der Waals surface area contributed by atoms with Crippen molar-refractivity contribution in [1.82, 2.24) is 0 Å². The number of hydrogen-bond donors (Lipinski definition) is 1. The summed E-state index contributed by atoms with van der Waals surface area (Å²) < 4.78 is 6.37. The first kappa shape index (κ1) is 13.5. The van der Waals surface area contributed by atoms with Crippen LogP contribution >= 0.6 is 15.9 Å². The topological polar surface area (TPSA) is 49.8 Å². The molecule has 18 heavy (non-hydrogen) atoms. The molecule has 1 N–H and O–H groups in total. The molecule has 1 saturated heterocycles. The molecule has 98 valence electrons. The normalized spacial score (nSPS) is 20.2. The average Bonchev–Trinajstić information content (AvgIpc) is 2.39. The summed E-state index contributed by atoms with van der Waals surface area (Å²) in [6.45, 7) is 1.18. The Kier molecular flexibility index (Phi) is 4.74. The third kappa shape index (κ3) is 2.91. The van der Waals surface area contributed by atoms with Gasteiger partial charge in [-0.05, 0) is 40.9 Å². The Balaban J connectivity index is 2.14. The van der Waals surface area contributed by atoms with E-state index in [0.29, 0.717) is 26.0 Å². The summed E-state index contributed by atoms with van der Waals surface area (Å²) in [5.41, 5.74) is 0.875. The molecule has 1 amide bonds. The minimum absolute atomic E-state index is 0.0263. The van der Waals surface area contributed by atoms with Gasteiger partial charge in [0.2, 0.25) is 0 Å². The highest BCUT2D eigenvalue weighted by atomic mass is 79.9. The van der Waals surface area contributed by atoms with Gasteiger partial charge in [0.15, 0.2) is 0 Å². The van der Waals surface area contributed by atoms with Gasteiger partial charge >= 0.3 is 0 Å². The summed E-state index contributed by atoms with van der Waals surface area (Å²) >= 11 is 3.46. The van der Waals surface area contributed by atoms with Gasteiger partial charge in [-0.3, -0.25) is 4.79 Å². The monoisotopic (exact) mass is 313 g/mol. The molecule has 0 aliphatic carbocycles. The molecule has 1 unspecified atom stereocenters. The summed E-state index contributed by atoms with van der Waals surface area (Å²) in [7, 11) is 0. The van der Waals surface area contributed by atoms with Crippen LogP contribution in [-0.2, 0) is 9.53 Å². The van der Waals surface area contributed by atoms with E-state index in [2.05, 4.69) is 15.9 Å². The van der Waals surface area contributed by atoms with Gasteiger partial charge < -0.3 is 14.7 Å². The number of para-hydroxylation sites is 1. The van der Waals surface area contributed by atoms with Crippen molar-refractivity contribution in [3.05, 3.63) is 28.7 Å². The first-order chi connectivity index (χ1) is 8.74. The van der Waals surface area contributed by atoms with Crippen LogP contribution in [0, 0.1) is 0 Å². The van der Waals surface area contributed by atoms with Crippen LogP contribution in [0.4, 0.5) is 5.69 Å². The molecular weight excluding hydrogens is 298 g/mol. The van der Waals surface area contributed by atoms with Crippen molar-refractivity contribution < 1.29 is 14.6 Å². The van der Waals surface area contributed by atoms with Gasteiger partial charge in [-0.15, -0.1) is 0 Å². The summed E-state index contributed by atoms with van der Waals surface area (Å²) in [6.07, 6.45) is 0.717. The van der Waals surface area contributed by atoms with Crippen LogP contribution < -0.4 is 4.90 Å². The minimum atomic E-state index is -0.432. The first-order valence-corrected chi connectivity index (χ1v) is 6.81. The molecule has 1 fully saturated rings. The Morgan fingerprint density at radius 2 is 2.22 bits per heavy atom. The number of carbonyl (C=O) groups excluding carboxylic acids is 1. The Bertz CT molecular complexity index is 424. The van der Waals surface area contributed by atoms with Crippen LogP contribution in [0.1, 0.15) is 12.8 Å². The third-order valence-corrected chi connectivity index (χ3v) is 3.61. The fourth-order valence-corrected chi connectivity index (χ4v) is 2.53. The third-order valence-electron chi connectivity index (χ3n) is 2.94. The van der Waals surface area contributed by atoms with E-state index in [0.717, 1.165) is 10.2 Å². The second kappa shape index (κ2) is 6.31. The lowest BCUT2D eigenvalue weighted by molar-refractivity contribution is -0.134. The molecule has 1 aromatic carbocycles. The number of aliphatic hydroxyl groups excluding tert-OH is 1. The maximum atomic E-state index is 12.3. The number of amides is 1. The molecule has 0 bridgehead atoms. The number of halogens is 1. The number of carbonyl (C=O) groups is 1. The second-order valence-electron chi connectivity index (χ2n) is 4.17. The molecule has 0 aromatic heterocycles. The molecule has 1 aliphatic rings. The standard InChI is InChI=1S/C13H16BrNO3/c14-10-4-1-2-5-11(10)15-7-9-18-12(13(15)17)6-3-8-16/h1-2,4-5,12,16H,3,6-9H2. The number of ether oxygens (including phenoxy) is 1. The van der Waals surface area contributed by atoms with Gasteiger partial charge in [-0.2, -0.15) is 0 Å². The molecule has 0 spiro atoms. The van der Waals surface area contributed by atoms with Crippen molar-refractivity contribution in [2.75, 3.05) is 24.7 Å². The zero-order chi connectivity index (χ0) is 13.0. The molecule has 2 rings (SSSR count). The number of benzene rings is 1. The van der Waals surface area contributed by atoms with Crippen LogP contribution in [0.2, 0.25) is 0 Å². The number of hydrogen-bond acceptors (Lipinski definition) is 3. The SMILES string of the molecule is O=C1C(CCCO)OCCN1c1ccccc1Br. The zero-order valence-corrected chi connectivity index (χ0v) is 11.6. The van der Waals surface area contributed by atoms with Gasteiger partial charge in [0, 0.05) is 17.6 Å². The number of anilines is 1.